The Hall–Kier alpha value is -1.75. The lowest BCUT2D eigenvalue weighted by atomic mass is 9.91. The minimum atomic E-state index is -0.839. The first-order chi connectivity index (χ1) is 9.95. The predicted molar refractivity (Wildman–Crippen MR) is 80.2 cm³/mol. The second kappa shape index (κ2) is 6.80. The molecule has 1 heterocycles. The van der Waals surface area contributed by atoms with Gasteiger partial charge in [0.15, 0.2) is 0 Å². The van der Waals surface area contributed by atoms with Crippen LogP contribution in [0.15, 0.2) is 24.3 Å². The molecule has 1 fully saturated rings. The van der Waals surface area contributed by atoms with E-state index in [-0.39, 0.29) is 18.5 Å². The highest BCUT2D eigenvalue weighted by atomic mass is 35.5. The maximum absolute atomic E-state index is 12.2. The summed E-state index contributed by atoms with van der Waals surface area (Å²) in [6.07, 6.45) is 0.618. The number of benzene rings is 1. The molecule has 2 rings (SSSR count). The van der Waals surface area contributed by atoms with Crippen molar-refractivity contribution >= 4 is 23.6 Å². The molecule has 1 saturated heterocycles. The van der Waals surface area contributed by atoms with Crippen molar-refractivity contribution in [2.45, 2.75) is 19.9 Å². The number of carbonyl (C=O) groups excluding carboxylic acids is 1. The molecule has 0 aromatic heterocycles. The van der Waals surface area contributed by atoms with Crippen LogP contribution in [-0.2, 0) is 11.3 Å². The minimum Gasteiger partial charge on any atom is -0.481 e. The highest BCUT2D eigenvalue weighted by Gasteiger charge is 2.31. The highest BCUT2D eigenvalue weighted by Crippen LogP contribution is 2.21. The van der Waals surface area contributed by atoms with Crippen molar-refractivity contribution in [3.8, 4) is 0 Å². The molecule has 6 heteroatoms. The lowest BCUT2D eigenvalue weighted by molar-refractivity contribution is -0.143. The van der Waals surface area contributed by atoms with Crippen molar-refractivity contribution in [1.29, 1.82) is 0 Å². The number of amides is 2. The molecule has 5 nitrogen and oxygen atoms in total. The monoisotopic (exact) mass is 310 g/mol. The second-order valence-corrected chi connectivity index (χ2v) is 6.01. The van der Waals surface area contributed by atoms with E-state index in [0.717, 1.165) is 5.56 Å². The SMILES string of the molecule is CC1CC(C(=O)O)CN(C(=O)NCc2cccc(Cl)c2)C1. The fourth-order valence-electron chi connectivity index (χ4n) is 2.63. The molecule has 2 unspecified atom stereocenters. The molecule has 1 aromatic carbocycles. The summed E-state index contributed by atoms with van der Waals surface area (Å²) in [4.78, 5) is 24.9. The molecular formula is C15H19ClN2O3. The van der Waals surface area contributed by atoms with Crippen LogP contribution in [0.5, 0.6) is 0 Å². The number of aliphatic carboxylic acids is 1. The average Bonchev–Trinajstić information content (AvgIpc) is 2.44. The van der Waals surface area contributed by atoms with Crippen molar-refractivity contribution in [2.75, 3.05) is 13.1 Å². The summed E-state index contributed by atoms with van der Waals surface area (Å²) in [5.41, 5.74) is 0.913. The van der Waals surface area contributed by atoms with Gasteiger partial charge in [0.05, 0.1) is 5.92 Å². The van der Waals surface area contributed by atoms with Crippen LogP contribution in [0, 0.1) is 11.8 Å². The first kappa shape index (κ1) is 15.6. The van der Waals surface area contributed by atoms with Gasteiger partial charge in [0.1, 0.15) is 0 Å². The van der Waals surface area contributed by atoms with Gasteiger partial charge in [0.25, 0.3) is 0 Å². The van der Waals surface area contributed by atoms with Gasteiger partial charge >= 0.3 is 12.0 Å². The molecule has 0 radical (unpaired) electrons. The Morgan fingerprint density at radius 1 is 1.43 bits per heavy atom. The van der Waals surface area contributed by atoms with Gasteiger partial charge in [-0.25, -0.2) is 4.79 Å². The van der Waals surface area contributed by atoms with Crippen LogP contribution in [0.1, 0.15) is 18.9 Å². The van der Waals surface area contributed by atoms with E-state index in [4.69, 9.17) is 16.7 Å². The third kappa shape index (κ3) is 4.36. The summed E-state index contributed by atoms with van der Waals surface area (Å²) in [6, 6.07) is 7.04. The number of hydrogen-bond donors (Lipinski definition) is 2. The van der Waals surface area contributed by atoms with Gasteiger partial charge in [-0.3, -0.25) is 4.79 Å². The smallest absolute Gasteiger partial charge is 0.317 e. The molecule has 0 spiro atoms. The lowest BCUT2D eigenvalue weighted by Crippen LogP contribution is -2.49. The molecule has 2 atom stereocenters. The number of nitrogens with zero attached hydrogens (tertiary/aromatic N) is 1. The van der Waals surface area contributed by atoms with Gasteiger partial charge in [-0.15, -0.1) is 0 Å². The number of hydrogen-bond acceptors (Lipinski definition) is 2. The first-order valence-electron chi connectivity index (χ1n) is 6.95. The Balaban J connectivity index is 1.92. The molecule has 1 aliphatic rings. The topological polar surface area (TPSA) is 69.6 Å². The molecule has 1 aromatic rings. The molecule has 1 aliphatic heterocycles. The van der Waals surface area contributed by atoms with Gasteiger partial charge in [0.2, 0.25) is 0 Å². The molecular weight excluding hydrogens is 292 g/mol. The van der Waals surface area contributed by atoms with Crippen molar-refractivity contribution in [3.63, 3.8) is 0 Å². The van der Waals surface area contributed by atoms with Crippen LogP contribution in [-0.4, -0.2) is 35.1 Å². The predicted octanol–water partition coefficient (Wildman–Crippen LogP) is 2.59. The Bertz CT molecular complexity index is 535. The average molecular weight is 311 g/mol. The van der Waals surface area contributed by atoms with E-state index in [1.165, 1.54) is 0 Å². The molecule has 0 aliphatic carbocycles. The summed E-state index contributed by atoms with van der Waals surface area (Å²) in [6.45, 7) is 3.20. The van der Waals surface area contributed by atoms with Gasteiger partial charge in [0, 0.05) is 24.7 Å². The number of carboxylic acids is 1. The van der Waals surface area contributed by atoms with Gasteiger partial charge in [-0.1, -0.05) is 30.7 Å². The summed E-state index contributed by atoms with van der Waals surface area (Å²) < 4.78 is 0. The van der Waals surface area contributed by atoms with E-state index in [1.54, 1.807) is 17.0 Å². The third-order valence-electron chi connectivity index (χ3n) is 3.63. The Morgan fingerprint density at radius 3 is 2.86 bits per heavy atom. The van der Waals surface area contributed by atoms with E-state index >= 15 is 0 Å². The van der Waals surface area contributed by atoms with Crippen LogP contribution in [0.2, 0.25) is 5.02 Å². The van der Waals surface area contributed by atoms with E-state index in [0.29, 0.717) is 24.5 Å². The number of nitrogens with one attached hydrogen (secondary N) is 1. The number of urea groups is 1. The molecule has 0 bridgehead atoms. The van der Waals surface area contributed by atoms with Gasteiger partial charge < -0.3 is 15.3 Å². The Morgan fingerprint density at radius 2 is 2.19 bits per heavy atom. The maximum atomic E-state index is 12.2. The van der Waals surface area contributed by atoms with Crippen LogP contribution < -0.4 is 5.32 Å². The van der Waals surface area contributed by atoms with Crippen LogP contribution in [0.4, 0.5) is 4.79 Å². The number of piperidine rings is 1. The Labute approximate surface area is 128 Å². The number of halogens is 1. The summed E-state index contributed by atoms with van der Waals surface area (Å²) >= 11 is 5.89. The Kier molecular flexibility index (Phi) is 5.07. The summed E-state index contributed by atoms with van der Waals surface area (Å²) in [7, 11) is 0. The van der Waals surface area contributed by atoms with E-state index in [9.17, 15) is 9.59 Å². The van der Waals surface area contributed by atoms with Crippen molar-refractivity contribution in [3.05, 3.63) is 34.9 Å². The zero-order valence-corrected chi connectivity index (χ0v) is 12.6. The number of carboxylic acid groups (broad SMARTS) is 1. The van der Waals surface area contributed by atoms with Crippen LogP contribution in [0.3, 0.4) is 0 Å². The first-order valence-corrected chi connectivity index (χ1v) is 7.33. The fraction of sp³-hybridized carbons (Fsp3) is 0.467. The lowest BCUT2D eigenvalue weighted by Gasteiger charge is -2.34. The molecule has 114 valence electrons. The number of carbonyl (C=O) groups is 2. The minimum absolute atomic E-state index is 0.191. The second-order valence-electron chi connectivity index (χ2n) is 5.57. The zero-order valence-electron chi connectivity index (χ0n) is 11.9. The largest absolute Gasteiger partial charge is 0.481 e. The molecule has 2 amide bonds. The van der Waals surface area contributed by atoms with Crippen molar-refractivity contribution in [2.24, 2.45) is 11.8 Å². The van der Waals surface area contributed by atoms with Gasteiger partial charge in [-0.2, -0.15) is 0 Å². The summed E-state index contributed by atoms with van der Waals surface area (Å²) in [5.74, 6) is -1.13. The zero-order chi connectivity index (χ0) is 15.4. The molecule has 0 saturated carbocycles. The summed E-state index contributed by atoms with van der Waals surface area (Å²) in [5, 5.41) is 12.6. The van der Waals surface area contributed by atoms with E-state index in [2.05, 4.69) is 5.32 Å². The quantitative estimate of drug-likeness (QED) is 0.901. The standard InChI is InChI=1S/C15H19ClN2O3/c1-10-5-12(14(19)20)9-18(8-10)15(21)17-7-11-3-2-4-13(16)6-11/h2-4,6,10,12H,5,7-9H2,1H3,(H,17,21)(H,19,20). The third-order valence-corrected chi connectivity index (χ3v) is 3.86. The van der Waals surface area contributed by atoms with Crippen molar-refractivity contribution < 1.29 is 14.7 Å². The van der Waals surface area contributed by atoms with Crippen LogP contribution in [0.25, 0.3) is 0 Å². The van der Waals surface area contributed by atoms with Gasteiger partial charge in [-0.05, 0) is 30.0 Å². The van der Waals surface area contributed by atoms with Crippen LogP contribution >= 0.6 is 11.6 Å². The van der Waals surface area contributed by atoms with Crippen molar-refractivity contribution in [1.82, 2.24) is 10.2 Å². The number of likely N-dealkylation sites (tertiary alicyclic amines) is 1. The fourth-order valence-corrected chi connectivity index (χ4v) is 2.85. The number of rotatable bonds is 3. The normalized spacial score (nSPS) is 21.9. The van der Waals surface area contributed by atoms with E-state index in [1.807, 2.05) is 19.1 Å². The molecule has 2 N–H and O–H groups in total. The maximum Gasteiger partial charge on any atom is 0.317 e. The van der Waals surface area contributed by atoms with E-state index < -0.39 is 11.9 Å². The molecule has 21 heavy (non-hydrogen) atoms. The highest BCUT2D eigenvalue weighted by molar-refractivity contribution is 6.30.